The molecule has 1 aromatic carbocycles. The molecule has 1 aliphatic rings. The summed E-state index contributed by atoms with van der Waals surface area (Å²) in [7, 11) is 0. The number of aromatic nitrogens is 3. The zero-order valence-electron chi connectivity index (χ0n) is 14.3. The Hall–Kier alpha value is -2.14. The van der Waals surface area contributed by atoms with Gasteiger partial charge in [0, 0.05) is 23.5 Å². The van der Waals surface area contributed by atoms with Crippen LogP contribution in [-0.4, -0.2) is 25.7 Å². The van der Waals surface area contributed by atoms with Gasteiger partial charge in [-0.25, -0.2) is 9.97 Å². The predicted molar refractivity (Wildman–Crippen MR) is 101 cm³/mol. The number of carbonyl (C=O) groups excluding carboxylic acids is 1. The molecule has 2 heterocycles. The number of para-hydroxylation sites is 1. The number of carbonyl (C=O) groups is 1. The maximum absolute atomic E-state index is 13.4. The molecular weight excluding hydrogens is 330 g/mol. The van der Waals surface area contributed by atoms with E-state index in [2.05, 4.69) is 35.1 Å². The fourth-order valence-corrected chi connectivity index (χ4v) is 4.54. The molecule has 25 heavy (non-hydrogen) atoms. The molecule has 5 heteroatoms. The molecule has 1 aliphatic carbocycles. The van der Waals surface area contributed by atoms with Gasteiger partial charge < -0.3 is 0 Å². The number of thioether (sulfide) groups is 1. The van der Waals surface area contributed by atoms with Crippen LogP contribution in [0.3, 0.4) is 0 Å². The van der Waals surface area contributed by atoms with Gasteiger partial charge in [-0.2, -0.15) is 0 Å². The van der Waals surface area contributed by atoms with Gasteiger partial charge in [-0.15, -0.1) is 0 Å². The molecule has 0 spiro atoms. The van der Waals surface area contributed by atoms with Crippen molar-refractivity contribution in [2.75, 3.05) is 0 Å². The second kappa shape index (κ2) is 7.00. The number of nitrogens with zero attached hydrogens (tertiary/aromatic N) is 3. The van der Waals surface area contributed by atoms with Crippen molar-refractivity contribution >= 4 is 28.6 Å². The van der Waals surface area contributed by atoms with Crippen LogP contribution in [0.2, 0.25) is 0 Å². The summed E-state index contributed by atoms with van der Waals surface area (Å²) in [6.07, 6.45) is 8.61. The van der Waals surface area contributed by atoms with Gasteiger partial charge in [-0.3, -0.25) is 9.36 Å². The molecule has 0 radical (unpaired) electrons. The molecule has 4 nitrogen and oxygen atoms in total. The van der Waals surface area contributed by atoms with Crippen LogP contribution in [-0.2, 0) is 12.8 Å². The van der Waals surface area contributed by atoms with Crippen molar-refractivity contribution in [1.29, 1.82) is 0 Å². The Labute approximate surface area is 151 Å². The number of aryl methyl sites for hydroxylation is 1. The van der Waals surface area contributed by atoms with E-state index in [0.29, 0.717) is 5.16 Å². The molecule has 1 atom stereocenters. The van der Waals surface area contributed by atoms with E-state index in [9.17, 15) is 4.79 Å². The molecule has 0 N–H and O–H groups in total. The minimum absolute atomic E-state index is 0.152. The normalized spacial score (nSPS) is 15.1. The first kappa shape index (κ1) is 16.3. The third-order valence-electron chi connectivity index (χ3n) is 4.84. The molecular formula is C20H21N3OS. The highest BCUT2D eigenvalue weighted by Crippen LogP contribution is 2.34. The quantitative estimate of drug-likeness (QED) is 0.512. The highest BCUT2D eigenvalue weighted by Gasteiger charge is 2.28. The smallest absolute Gasteiger partial charge is 0.244 e. The Morgan fingerprint density at radius 3 is 2.72 bits per heavy atom. The summed E-state index contributed by atoms with van der Waals surface area (Å²) in [5.41, 5.74) is 3.63. The van der Waals surface area contributed by atoms with Crippen molar-refractivity contribution in [2.24, 2.45) is 0 Å². The van der Waals surface area contributed by atoms with Crippen LogP contribution >= 0.6 is 11.8 Å². The van der Waals surface area contributed by atoms with Crippen LogP contribution in [0.25, 0.3) is 10.9 Å². The lowest BCUT2D eigenvalue weighted by Gasteiger charge is -2.18. The molecule has 0 bridgehead atoms. The topological polar surface area (TPSA) is 47.8 Å². The minimum atomic E-state index is -0.177. The number of hydrogen-bond acceptors (Lipinski definition) is 4. The largest absolute Gasteiger partial charge is 0.283 e. The summed E-state index contributed by atoms with van der Waals surface area (Å²) in [5.74, 6) is 0.152. The van der Waals surface area contributed by atoms with Crippen LogP contribution in [0.5, 0.6) is 0 Å². The van der Waals surface area contributed by atoms with Crippen LogP contribution in [0, 0.1) is 0 Å². The Bertz CT molecular complexity index is 904. The molecule has 1 unspecified atom stereocenters. The van der Waals surface area contributed by atoms with Gasteiger partial charge in [0.2, 0.25) is 5.91 Å². The molecule has 0 saturated heterocycles. The molecule has 2 aromatic heterocycles. The Morgan fingerprint density at radius 2 is 1.92 bits per heavy atom. The third kappa shape index (κ3) is 2.97. The van der Waals surface area contributed by atoms with Crippen LogP contribution < -0.4 is 0 Å². The average Bonchev–Trinajstić information content (AvgIpc) is 3.01. The zero-order valence-corrected chi connectivity index (χ0v) is 15.1. The maximum Gasteiger partial charge on any atom is 0.244 e. The highest BCUT2D eigenvalue weighted by atomic mass is 32.2. The van der Waals surface area contributed by atoms with Crippen molar-refractivity contribution in [2.45, 2.75) is 49.4 Å². The summed E-state index contributed by atoms with van der Waals surface area (Å²) < 4.78 is 1.98. The summed E-state index contributed by atoms with van der Waals surface area (Å²) in [5, 5.41) is 1.72. The van der Waals surface area contributed by atoms with Gasteiger partial charge in [0.25, 0.3) is 0 Å². The fourth-order valence-electron chi connectivity index (χ4n) is 3.67. The van der Waals surface area contributed by atoms with Crippen LogP contribution in [0.4, 0.5) is 0 Å². The first-order valence-corrected chi connectivity index (χ1v) is 9.76. The van der Waals surface area contributed by atoms with Gasteiger partial charge in [0.15, 0.2) is 5.16 Å². The molecule has 128 valence electrons. The Balaban J connectivity index is 1.76. The lowest BCUT2D eigenvalue weighted by Crippen LogP contribution is -2.26. The molecule has 0 saturated carbocycles. The van der Waals surface area contributed by atoms with Gasteiger partial charge >= 0.3 is 0 Å². The second-order valence-corrected chi connectivity index (χ2v) is 7.54. The van der Waals surface area contributed by atoms with Gasteiger partial charge in [0.05, 0.1) is 10.8 Å². The summed E-state index contributed by atoms with van der Waals surface area (Å²) in [4.78, 5) is 22.0. The molecule has 4 rings (SSSR count). The van der Waals surface area contributed by atoms with Gasteiger partial charge in [-0.05, 0) is 49.8 Å². The predicted octanol–water partition coefficient (Wildman–Crippen LogP) is 4.52. The molecule has 3 aromatic rings. The van der Waals surface area contributed by atoms with Crippen molar-refractivity contribution in [1.82, 2.24) is 14.5 Å². The Morgan fingerprint density at radius 1 is 1.16 bits per heavy atom. The van der Waals surface area contributed by atoms with Gasteiger partial charge in [0.1, 0.15) is 0 Å². The third-order valence-corrected chi connectivity index (χ3v) is 6.08. The van der Waals surface area contributed by atoms with Crippen molar-refractivity contribution in [3.8, 4) is 0 Å². The van der Waals surface area contributed by atoms with Crippen molar-refractivity contribution < 1.29 is 4.79 Å². The Kier molecular flexibility index (Phi) is 4.57. The summed E-state index contributed by atoms with van der Waals surface area (Å²) >= 11 is 1.46. The lowest BCUT2D eigenvalue weighted by atomic mass is 9.95. The fraction of sp³-hybridized carbons (Fsp3) is 0.350. The first-order chi connectivity index (χ1) is 12.3. The minimum Gasteiger partial charge on any atom is -0.283 e. The second-order valence-electron chi connectivity index (χ2n) is 6.37. The van der Waals surface area contributed by atoms with Crippen molar-refractivity contribution in [3.05, 3.63) is 54.0 Å². The standard InChI is InChI=1S/C20H21N3OS/c1-2-18(25-20-21-12-7-13-22-20)19(24)23-16-10-5-3-8-14(16)15-9-4-6-11-17(15)23/h3,5,7-8,10,12-13,18H,2,4,6,9,11H2,1H3. The van der Waals surface area contributed by atoms with E-state index >= 15 is 0 Å². The van der Waals surface area contributed by atoms with E-state index in [0.717, 1.165) is 31.2 Å². The number of fused-ring (bicyclic) bond motifs is 3. The lowest BCUT2D eigenvalue weighted by molar-refractivity contribution is 0.0910. The maximum atomic E-state index is 13.4. The molecule has 0 fully saturated rings. The van der Waals surface area contributed by atoms with E-state index in [1.807, 2.05) is 10.6 Å². The van der Waals surface area contributed by atoms with Crippen molar-refractivity contribution in [3.63, 3.8) is 0 Å². The van der Waals surface area contributed by atoms with E-state index in [1.54, 1.807) is 18.5 Å². The number of hydrogen-bond donors (Lipinski definition) is 0. The van der Waals surface area contributed by atoms with E-state index < -0.39 is 0 Å². The van der Waals surface area contributed by atoms with E-state index in [4.69, 9.17) is 0 Å². The van der Waals surface area contributed by atoms with Crippen LogP contribution in [0.1, 0.15) is 42.2 Å². The first-order valence-electron chi connectivity index (χ1n) is 8.88. The highest BCUT2D eigenvalue weighted by molar-refractivity contribution is 8.00. The SMILES string of the molecule is CCC(Sc1ncccn1)C(=O)n1c2c(c3ccccc31)CCCC2. The van der Waals surface area contributed by atoms with E-state index in [1.165, 1.54) is 34.8 Å². The molecule has 0 aliphatic heterocycles. The summed E-state index contributed by atoms with van der Waals surface area (Å²) in [6.45, 7) is 2.05. The monoisotopic (exact) mass is 351 g/mol. The number of rotatable bonds is 4. The molecule has 0 amide bonds. The number of benzene rings is 1. The van der Waals surface area contributed by atoms with Crippen LogP contribution in [0.15, 0.2) is 47.9 Å². The van der Waals surface area contributed by atoms with Gasteiger partial charge in [-0.1, -0.05) is 36.9 Å². The van der Waals surface area contributed by atoms with E-state index in [-0.39, 0.29) is 11.2 Å². The average molecular weight is 351 g/mol. The summed E-state index contributed by atoms with van der Waals surface area (Å²) in [6, 6.07) is 10.1. The zero-order chi connectivity index (χ0) is 17.2.